The molecule has 0 saturated heterocycles. The molecule has 0 heterocycles. The van der Waals surface area contributed by atoms with E-state index in [0.29, 0.717) is 18.6 Å². The van der Waals surface area contributed by atoms with Crippen LogP contribution in [0, 0.1) is 15.9 Å². The van der Waals surface area contributed by atoms with Gasteiger partial charge in [0.2, 0.25) is 0 Å². The van der Waals surface area contributed by atoms with Gasteiger partial charge in [-0.3, -0.25) is 10.1 Å². The lowest BCUT2D eigenvalue weighted by Crippen LogP contribution is -2.05. The van der Waals surface area contributed by atoms with Crippen LogP contribution in [-0.4, -0.2) is 19.9 Å². The van der Waals surface area contributed by atoms with E-state index in [0.717, 1.165) is 6.42 Å². The Kier molecular flexibility index (Phi) is 5.07. The number of benzene rings is 1. The fourth-order valence-corrected chi connectivity index (χ4v) is 2.28. The Morgan fingerprint density at radius 2 is 2.11 bits per heavy atom. The van der Waals surface area contributed by atoms with Crippen LogP contribution in [0.2, 0.25) is 0 Å². The van der Waals surface area contributed by atoms with E-state index in [4.69, 9.17) is 15.4 Å². The van der Waals surface area contributed by atoms with Gasteiger partial charge in [0, 0.05) is 16.7 Å². The molecule has 1 aromatic rings. The van der Waals surface area contributed by atoms with Crippen molar-refractivity contribution in [3.8, 4) is 5.75 Å². The first-order valence-electron chi connectivity index (χ1n) is 5.32. The molecule has 0 fully saturated rings. The molecule has 1 rings (SSSR count). The summed E-state index contributed by atoms with van der Waals surface area (Å²) in [6, 6.07) is 1.26. The number of nitro benzene ring substituents is 1. The number of nitro groups is 1. The number of nitrogens with zero attached hydrogens (tertiary/aromatic N) is 1. The quantitative estimate of drug-likeness (QED) is 0.349. The predicted octanol–water partition coefficient (Wildman–Crippen LogP) is 2.84. The number of halogens is 2. The van der Waals surface area contributed by atoms with Gasteiger partial charge in [0.15, 0.2) is 11.6 Å². The number of rotatable bonds is 6. The lowest BCUT2D eigenvalue weighted by molar-refractivity contribution is -0.385. The summed E-state index contributed by atoms with van der Waals surface area (Å²) < 4.78 is 41.3. The van der Waals surface area contributed by atoms with Gasteiger partial charge in [-0.05, 0) is 6.42 Å². The molecule has 0 saturated carbocycles. The minimum absolute atomic E-state index is 0.0879. The summed E-state index contributed by atoms with van der Waals surface area (Å²) in [6.07, 6.45) is 1.34. The first-order chi connectivity index (χ1) is 8.77. The van der Waals surface area contributed by atoms with Crippen LogP contribution in [0.4, 0.5) is 10.1 Å². The average Bonchev–Trinajstić information content (AvgIpc) is 2.29. The molecule has 0 radical (unpaired) electrons. The van der Waals surface area contributed by atoms with E-state index in [1.54, 1.807) is 0 Å². The predicted molar refractivity (Wildman–Crippen MR) is 66.5 cm³/mol. The molecule has 0 bridgehead atoms. The highest BCUT2D eigenvalue weighted by atomic mass is 35.7. The average molecular weight is 312 g/mol. The van der Waals surface area contributed by atoms with E-state index in [-0.39, 0.29) is 6.61 Å². The molecule has 19 heavy (non-hydrogen) atoms. The molecule has 6 nitrogen and oxygen atoms in total. The van der Waals surface area contributed by atoms with Gasteiger partial charge in [0.1, 0.15) is 4.90 Å². The van der Waals surface area contributed by atoms with Crippen molar-refractivity contribution in [1.82, 2.24) is 0 Å². The zero-order valence-corrected chi connectivity index (χ0v) is 11.5. The minimum atomic E-state index is -4.35. The van der Waals surface area contributed by atoms with E-state index in [1.165, 1.54) is 0 Å². The summed E-state index contributed by atoms with van der Waals surface area (Å²) in [5.74, 6) is -1.72. The lowest BCUT2D eigenvalue weighted by atomic mass is 10.3. The van der Waals surface area contributed by atoms with Crippen LogP contribution in [0.5, 0.6) is 5.75 Å². The maximum Gasteiger partial charge on any atom is 0.273 e. The molecule has 106 valence electrons. The molecule has 0 aliphatic rings. The topological polar surface area (TPSA) is 86.5 Å². The van der Waals surface area contributed by atoms with Crippen LogP contribution < -0.4 is 4.74 Å². The summed E-state index contributed by atoms with van der Waals surface area (Å²) in [7, 11) is 0.782. The Morgan fingerprint density at radius 3 is 2.58 bits per heavy atom. The van der Waals surface area contributed by atoms with E-state index >= 15 is 0 Å². The Labute approximate surface area is 113 Å². The zero-order chi connectivity index (χ0) is 14.6. The van der Waals surface area contributed by atoms with Crippen LogP contribution >= 0.6 is 10.7 Å². The zero-order valence-electron chi connectivity index (χ0n) is 9.93. The second kappa shape index (κ2) is 6.16. The third-order valence-electron chi connectivity index (χ3n) is 2.21. The van der Waals surface area contributed by atoms with E-state index < -0.39 is 36.1 Å². The number of unbranched alkanes of at least 4 members (excludes halogenated alkanes) is 1. The fraction of sp³-hybridized carbons (Fsp3) is 0.400. The van der Waals surface area contributed by atoms with Gasteiger partial charge in [0.25, 0.3) is 14.7 Å². The van der Waals surface area contributed by atoms with Crippen molar-refractivity contribution in [1.29, 1.82) is 0 Å². The highest BCUT2D eigenvalue weighted by molar-refractivity contribution is 8.13. The van der Waals surface area contributed by atoms with Gasteiger partial charge < -0.3 is 4.74 Å². The van der Waals surface area contributed by atoms with Gasteiger partial charge in [-0.2, -0.15) is 0 Å². The Balaban J connectivity index is 3.32. The molecular weight excluding hydrogens is 301 g/mol. The third kappa shape index (κ3) is 4.03. The molecule has 0 spiro atoms. The summed E-state index contributed by atoms with van der Waals surface area (Å²) in [5, 5.41) is 10.6. The van der Waals surface area contributed by atoms with Gasteiger partial charge in [-0.15, -0.1) is 0 Å². The van der Waals surface area contributed by atoms with Crippen LogP contribution in [-0.2, 0) is 9.05 Å². The summed E-state index contributed by atoms with van der Waals surface area (Å²) in [4.78, 5) is 8.91. The standard InChI is InChI=1S/C10H11ClFNO5S/c1-2-3-4-18-10-8(12)5-7(13(14)15)6-9(10)19(11,16)17/h5-6H,2-4H2,1H3. The number of non-ortho nitro benzene ring substituents is 1. The molecular formula is C10H11ClFNO5S. The number of hydrogen-bond acceptors (Lipinski definition) is 5. The molecule has 0 unspecified atom stereocenters. The monoisotopic (exact) mass is 311 g/mol. The fourth-order valence-electron chi connectivity index (χ4n) is 1.30. The maximum atomic E-state index is 13.7. The highest BCUT2D eigenvalue weighted by Crippen LogP contribution is 2.33. The molecule has 0 aliphatic carbocycles. The molecule has 0 N–H and O–H groups in total. The van der Waals surface area contributed by atoms with Crippen molar-refractivity contribution in [3.05, 3.63) is 28.1 Å². The largest absolute Gasteiger partial charge is 0.489 e. The van der Waals surface area contributed by atoms with Crippen LogP contribution in [0.15, 0.2) is 17.0 Å². The van der Waals surface area contributed by atoms with Crippen molar-refractivity contribution in [2.45, 2.75) is 24.7 Å². The normalized spacial score (nSPS) is 11.3. The highest BCUT2D eigenvalue weighted by Gasteiger charge is 2.25. The van der Waals surface area contributed by atoms with Gasteiger partial charge in [-0.1, -0.05) is 13.3 Å². The number of hydrogen-bond donors (Lipinski definition) is 0. The van der Waals surface area contributed by atoms with Crippen molar-refractivity contribution in [2.75, 3.05) is 6.61 Å². The minimum Gasteiger partial charge on any atom is -0.489 e. The van der Waals surface area contributed by atoms with Gasteiger partial charge in [-0.25, -0.2) is 12.8 Å². The smallest absolute Gasteiger partial charge is 0.273 e. The summed E-state index contributed by atoms with van der Waals surface area (Å²) >= 11 is 0. The first-order valence-corrected chi connectivity index (χ1v) is 7.63. The van der Waals surface area contributed by atoms with E-state index in [9.17, 15) is 22.9 Å². The first kappa shape index (κ1) is 15.6. The Morgan fingerprint density at radius 1 is 1.47 bits per heavy atom. The van der Waals surface area contributed by atoms with E-state index in [2.05, 4.69) is 0 Å². The van der Waals surface area contributed by atoms with Crippen LogP contribution in [0.1, 0.15) is 19.8 Å². The van der Waals surface area contributed by atoms with Gasteiger partial charge >= 0.3 is 0 Å². The van der Waals surface area contributed by atoms with Crippen molar-refractivity contribution in [2.24, 2.45) is 0 Å². The van der Waals surface area contributed by atoms with Crippen molar-refractivity contribution >= 4 is 25.4 Å². The molecule has 0 aromatic heterocycles. The third-order valence-corrected chi connectivity index (χ3v) is 3.54. The van der Waals surface area contributed by atoms with Crippen LogP contribution in [0.25, 0.3) is 0 Å². The van der Waals surface area contributed by atoms with Gasteiger partial charge in [0.05, 0.1) is 17.6 Å². The second-order valence-electron chi connectivity index (χ2n) is 3.65. The molecule has 0 amide bonds. The number of ether oxygens (including phenoxy) is 1. The summed E-state index contributed by atoms with van der Waals surface area (Å²) in [6.45, 7) is 1.96. The van der Waals surface area contributed by atoms with Crippen molar-refractivity contribution < 1.29 is 22.5 Å². The van der Waals surface area contributed by atoms with Crippen LogP contribution in [0.3, 0.4) is 0 Å². The SMILES string of the molecule is CCCCOc1c(F)cc([N+](=O)[O-])cc1S(=O)(=O)Cl. The Bertz CT molecular complexity index is 590. The van der Waals surface area contributed by atoms with Crippen molar-refractivity contribution in [3.63, 3.8) is 0 Å². The maximum absolute atomic E-state index is 13.7. The molecule has 0 aliphatic heterocycles. The Hall–Kier alpha value is -1.41. The molecule has 0 atom stereocenters. The van der Waals surface area contributed by atoms with E-state index in [1.807, 2.05) is 6.92 Å². The lowest BCUT2D eigenvalue weighted by Gasteiger charge is -2.10. The molecule has 9 heteroatoms. The summed E-state index contributed by atoms with van der Waals surface area (Å²) in [5.41, 5.74) is -0.709. The molecule has 1 aromatic carbocycles. The second-order valence-corrected chi connectivity index (χ2v) is 6.19.